The number of unbranched alkanes of at least 4 members (excludes halogenated alkanes) is 10. The van der Waals surface area contributed by atoms with Crippen LogP contribution in [0.4, 0.5) is 0 Å². The van der Waals surface area contributed by atoms with Gasteiger partial charge in [0.05, 0.1) is 16.2 Å². The zero-order valence-electron chi connectivity index (χ0n) is 16.8. The third-order valence-electron chi connectivity index (χ3n) is 4.83. The molecule has 25 heavy (non-hydrogen) atoms. The van der Waals surface area contributed by atoms with E-state index in [1.54, 1.807) is 6.92 Å². The van der Waals surface area contributed by atoms with Crippen LogP contribution in [0.3, 0.4) is 0 Å². The summed E-state index contributed by atoms with van der Waals surface area (Å²) in [5, 5.41) is 9.06. The summed E-state index contributed by atoms with van der Waals surface area (Å²) >= 11 is 0. The zero-order valence-corrected chi connectivity index (χ0v) is 20.8. The fraction of sp³-hybridized carbons (Fsp3) is 1.00. The van der Waals surface area contributed by atoms with Gasteiger partial charge in [0, 0.05) is 5.25 Å². The summed E-state index contributed by atoms with van der Waals surface area (Å²) in [4.78, 5) is 0. The van der Waals surface area contributed by atoms with Gasteiger partial charge >= 0.3 is 51.4 Å². The van der Waals surface area contributed by atoms with Crippen LogP contribution in [0.1, 0.15) is 110 Å². The van der Waals surface area contributed by atoms with Gasteiger partial charge in [0.1, 0.15) is 0 Å². The SMILES string of the molecule is CCCCCCCCCCCCCC(O)CCC(CC)S(=O)(=O)[O-].[K+]. The standard InChI is InChI=1S/C19H40O4S.K/c1-3-5-6-7-8-9-10-11-12-13-14-15-18(20)16-17-19(4-2)24(21,22)23;/h18-20H,3-17H2,1-2H3,(H,21,22,23);/q;+1/p-1. The van der Waals surface area contributed by atoms with E-state index in [-0.39, 0.29) is 57.8 Å². The molecule has 0 saturated carbocycles. The van der Waals surface area contributed by atoms with Gasteiger partial charge in [-0.05, 0) is 25.7 Å². The zero-order chi connectivity index (χ0) is 18.3. The molecule has 0 spiro atoms. The summed E-state index contributed by atoms with van der Waals surface area (Å²) in [6, 6.07) is 0. The quantitative estimate of drug-likeness (QED) is 0.230. The van der Waals surface area contributed by atoms with Crippen LogP contribution in [0.25, 0.3) is 0 Å². The summed E-state index contributed by atoms with van der Waals surface area (Å²) in [6.07, 6.45) is 15.3. The molecule has 4 nitrogen and oxygen atoms in total. The fourth-order valence-electron chi connectivity index (χ4n) is 3.12. The van der Waals surface area contributed by atoms with Crippen molar-refractivity contribution in [3.63, 3.8) is 0 Å². The second-order valence-corrected chi connectivity index (χ2v) is 8.73. The van der Waals surface area contributed by atoms with Gasteiger partial charge in [0.25, 0.3) is 0 Å². The molecule has 0 aromatic rings. The topological polar surface area (TPSA) is 77.4 Å². The van der Waals surface area contributed by atoms with Crippen LogP contribution in [-0.2, 0) is 10.1 Å². The van der Waals surface area contributed by atoms with Gasteiger partial charge < -0.3 is 9.66 Å². The van der Waals surface area contributed by atoms with Gasteiger partial charge in [-0.3, -0.25) is 0 Å². The summed E-state index contributed by atoms with van der Waals surface area (Å²) in [5.41, 5.74) is 0. The molecule has 0 aliphatic heterocycles. The normalized spacial score (nSPS) is 14.1. The Morgan fingerprint density at radius 1 is 0.760 bits per heavy atom. The molecule has 0 aromatic carbocycles. The van der Waals surface area contributed by atoms with E-state index in [0.717, 1.165) is 12.8 Å². The molecule has 0 heterocycles. The monoisotopic (exact) mass is 402 g/mol. The Balaban J connectivity index is 0. The predicted octanol–water partition coefficient (Wildman–Crippen LogP) is 2.16. The minimum absolute atomic E-state index is 0. The molecule has 0 saturated heterocycles. The Labute approximate surface area is 199 Å². The van der Waals surface area contributed by atoms with Crippen molar-refractivity contribution in [2.24, 2.45) is 0 Å². The smallest absolute Gasteiger partial charge is 0.748 e. The minimum atomic E-state index is -4.22. The van der Waals surface area contributed by atoms with Gasteiger partial charge in [-0.1, -0.05) is 84.5 Å². The number of aliphatic hydroxyl groups excluding tert-OH is 1. The van der Waals surface area contributed by atoms with Crippen LogP contribution in [0.15, 0.2) is 0 Å². The van der Waals surface area contributed by atoms with Crippen molar-refractivity contribution in [3.8, 4) is 0 Å². The average molecular weight is 403 g/mol. The number of hydrogen-bond donors (Lipinski definition) is 1. The van der Waals surface area contributed by atoms with Crippen molar-refractivity contribution >= 4 is 10.1 Å². The molecule has 0 amide bonds. The van der Waals surface area contributed by atoms with Crippen molar-refractivity contribution in [1.82, 2.24) is 0 Å². The molecule has 2 atom stereocenters. The average Bonchev–Trinajstić information content (AvgIpc) is 2.52. The molecule has 0 aliphatic carbocycles. The maximum Gasteiger partial charge on any atom is 1.00 e. The van der Waals surface area contributed by atoms with E-state index in [1.165, 1.54) is 57.8 Å². The van der Waals surface area contributed by atoms with Gasteiger partial charge in [0.15, 0.2) is 0 Å². The Kier molecular flexibility index (Phi) is 21.7. The molecule has 1 N–H and O–H groups in total. The first-order chi connectivity index (χ1) is 11.4. The van der Waals surface area contributed by atoms with E-state index >= 15 is 0 Å². The molecule has 0 fully saturated rings. The van der Waals surface area contributed by atoms with E-state index in [2.05, 4.69) is 6.92 Å². The Hall–Kier alpha value is 1.51. The third-order valence-corrected chi connectivity index (χ3v) is 6.21. The van der Waals surface area contributed by atoms with Crippen molar-refractivity contribution in [1.29, 1.82) is 0 Å². The Morgan fingerprint density at radius 3 is 1.60 bits per heavy atom. The number of hydrogen-bond acceptors (Lipinski definition) is 4. The van der Waals surface area contributed by atoms with Gasteiger partial charge in [0.2, 0.25) is 0 Å². The second kappa shape index (κ2) is 18.9. The van der Waals surface area contributed by atoms with Crippen molar-refractivity contribution in [3.05, 3.63) is 0 Å². The fourth-order valence-corrected chi connectivity index (χ4v) is 3.95. The third kappa shape index (κ3) is 18.6. The molecule has 0 aliphatic rings. The van der Waals surface area contributed by atoms with Crippen molar-refractivity contribution < 1.29 is 69.5 Å². The maximum atomic E-state index is 11.0. The molecule has 0 rings (SSSR count). The Bertz CT molecular complexity index is 374. The van der Waals surface area contributed by atoms with Crippen LogP contribution in [0, 0.1) is 0 Å². The minimum Gasteiger partial charge on any atom is -0.748 e. The molecular formula is C19H39KO4S. The number of aliphatic hydroxyl groups is 1. The molecule has 6 heteroatoms. The van der Waals surface area contributed by atoms with Gasteiger partial charge in [-0.2, -0.15) is 0 Å². The van der Waals surface area contributed by atoms with Gasteiger partial charge in [-0.25, -0.2) is 8.42 Å². The van der Waals surface area contributed by atoms with Gasteiger partial charge in [-0.15, -0.1) is 0 Å². The predicted molar refractivity (Wildman–Crippen MR) is 100 cm³/mol. The largest absolute Gasteiger partial charge is 1.00 e. The molecule has 0 aromatic heterocycles. The number of rotatable bonds is 17. The summed E-state index contributed by atoms with van der Waals surface area (Å²) < 4.78 is 33.0. The maximum absolute atomic E-state index is 11.0. The van der Waals surface area contributed by atoms with Crippen molar-refractivity contribution in [2.45, 2.75) is 122 Å². The van der Waals surface area contributed by atoms with Crippen LogP contribution in [0.5, 0.6) is 0 Å². The van der Waals surface area contributed by atoms with Crippen LogP contribution in [0.2, 0.25) is 0 Å². The first-order valence-electron chi connectivity index (χ1n) is 10.0. The Morgan fingerprint density at radius 2 is 1.20 bits per heavy atom. The molecule has 2 unspecified atom stereocenters. The van der Waals surface area contributed by atoms with E-state index in [1.807, 2.05) is 0 Å². The van der Waals surface area contributed by atoms with E-state index < -0.39 is 21.5 Å². The first-order valence-corrected chi connectivity index (χ1v) is 11.5. The van der Waals surface area contributed by atoms with Crippen LogP contribution in [-0.4, -0.2) is 29.4 Å². The van der Waals surface area contributed by atoms with Crippen LogP contribution < -0.4 is 51.4 Å². The van der Waals surface area contributed by atoms with E-state index in [9.17, 15) is 18.1 Å². The molecule has 0 radical (unpaired) electrons. The summed E-state index contributed by atoms with van der Waals surface area (Å²) in [6.45, 7) is 3.95. The van der Waals surface area contributed by atoms with Crippen molar-refractivity contribution in [2.75, 3.05) is 0 Å². The molecular weight excluding hydrogens is 363 g/mol. The summed E-state index contributed by atoms with van der Waals surface area (Å²) in [7, 11) is -4.22. The molecule has 146 valence electrons. The second-order valence-electron chi connectivity index (χ2n) is 7.08. The summed E-state index contributed by atoms with van der Waals surface area (Å²) in [5.74, 6) is 0. The first kappa shape index (κ1) is 28.7. The van der Waals surface area contributed by atoms with E-state index in [0.29, 0.717) is 19.3 Å². The molecule has 0 bridgehead atoms. The van der Waals surface area contributed by atoms with Crippen LogP contribution >= 0.6 is 0 Å². The van der Waals surface area contributed by atoms with E-state index in [4.69, 9.17) is 0 Å².